The van der Waals surface area contributed by atoms with Gasteiger partial charge in [0.2, 0.25) is 0 Å². The van der Waals surface area contributed by atoms with Gasteiger partial charge in [-0.2, -0.15) is 10.2 Å². The Morgan fingerprint density at radius 2 is 2.04 bits per heavy atom. The molecule has 3 aromatic heterocycles. The number of carbonyl (C=O) groups is 2. The van der Waals surface area contributed by atoms with Crippen molar-refractivity contribution in [3.05, 3.63) is 54.9 Å². The third-order valence-electron chi connectivity index (χ3n) is 3.68. The molecule has 3 rings (SSSR count). The van der Waals surface area contributed by atoms with Crippen LogP contribution in [0.3, 0.4) is 0 Å². The van der Waals surface area contributed by atoms with Gasteiger partial charge in [0, 0.05) is 24.8 Å². The van der Waals surface area contributed by atoms with E-state index in [1.165, 1.54) is 37.1 Å². The van der Waals surface area contributed by atoms with Crippen LogP contribution in [0.1, 0.15) is 24.3 Å². The zero-order valence-electron chi connectivity index (χ0n) is 13.6. The van der Waals surface area contributed by atoms with Gasteiger partial charge in [-0.05, 0) is 32.0 Å². The van der Waals surface area contributed by atoms with Gasteiger partial charge in [-0.15, -0.1) is 0 Å². The van der Waals surface area contributed by atoms with Crippen molar-refractivity contribution in [3.63, 3.8) is 0 Å². The molecule has 0 aliphatic carbocycles. The lowest BCUT2D eigenvalue weighted by Gasteiger charge is -2.19. The minimum absolute atomic E-state index is 0.207. The molecule has 0 bridgehead atoms. The topological polar surface area (TPSA) is 115 Å². The van der Waals surface area contributed by atoms with Crippen LogP contribution >= 0.6 is 0 Å². The van der Waals surface area contributed by atoms with Crippen molar-refractivity contribution in [2.75, 3.05) is 5.32 Å². The number of carbonyl (C=O) groups excluding carboxylic acids is 1. The van der Waals surface area contributed by atoms with E-state index in [4.69, 9.17) is 0 Å². The summed E-state index contributed by atoms with van der Waals surface area (Å²) in [6.07, 6.45) is 7.76. The molecule has 0 saturated heterocycles. The Hall–Kier alpha value is -3.49. The Morgan fingerprint density at radius 1 is 1.24 bits per heavy atom. The second-order valence-electron chi connectivity index (χ2n) is 5.84. The van der Waals surface area contributed by atoms with Crippen LogP contribution in [0.4, 0.5) is 5.69 Å². The molecule has 3 aromatic rings. The quantitative estimate of drug-likeness (QED) is 0.728. The van der Waals surface area contributed by atoms with E-state index in [1.807, 2.05) is 0 Å². The number of carboxylic acids is 1. The van der Waals surface area contributed by atoms with Crippen LogP contribution in [0.5, 0.6) is 0 Å². The van der Waals surface area contributed by atoms with Crippen molar-refractivity contribution in [2.24, 2.45) is 0 Å². The van der Waals surface area contributed by atoms with Crippen LogP contribution in [0.2, 0.25) is 0 Å². The molecule has 0 atom stereocenters. The van der Waals surface area contributed by atoms with E-state index in [0.717, 1.165) is 0 Å². The fraction of sp³-hybridized carbons (Fsp3) is 0.188. The third-order valence-corrected chi connectivity index (χ3v) is 3.68. The molecule has 0 aliphatic heterocycles. The highest BCUT2D eigenvalue weighted by Crippen LogP contribution is 2.18. The predicted octanol–water partition coefficient (Wildman–Crippen LogP) is 1.54. The standard InChI is InChI=1S/C16H16N6O3/c1-16(2,15(24)25)22-10-11(9-19-22)20-14(23)13-8-12(4-6-17-13)21-7-3-5-18-21/h3-10H,1-2H3,(H,20,23)(H,24,25). The number of aliphatic carboxylic acids is 1. The van der Waals surface area contributed by atoms with Gasteiger partial charge in [-0.25, -0.2) is 9.48 Å². The van der Waals surface area contributed by atoms with E-state index in [0.29, 0.717) is 11.4 Å². The summed E-state index contributed by atoms with van der Waals surface area (Å²) in [6.45, 7) is 3.03. The fourth-order valence-corrected chi connectivity index (χ4v) is 2.09. The Labute approximate surface area is 142 Å². The predicted molar refractivity (Wildman–Crippen MR) is 88.5 cm³/mol. The van der Waals surface area contributed by atoms with E-state index in [-0.39, 0.29) is 5.69 Å². The molecule has 0 aromatic carbocycles. The van der Waals surface area contributed by atoms with Crippen molar-refractivity contribution >= 4 is 17.6 Å². The number of anilines is 1. The molecule has 0 saturated carbocycles. The molecule has 0 radical (unpaired) electrons. The number of amides is 1. The Morgan fingerprint density at radius 3 is 2.72 bits per heavy atom. The summed E-state index contributed by atoms with van der Waals surface area (Å²) in [7, 11) is 0. The first-order valence-electron chi connectivity index (χ1n) is 7.44. The molecular weight excluding hydrogens is 324 g/mol. The van der Waals surface area contributed by atoms with Gasteiger partial charge in [0.25, 0.3) is 5.91 Å². The molecular formula is C16H16N6O3. The van der Waals surface area contributed by atoms with Crippen molar-refractivity contribution in [3.8, 4) is 5.69 Å². The average molecular weight is 340 g/mol. The van der Waals surface area contributed by atoms with Crippen LogP contribution in [-0.4, -0.2) is 41.5 Å². The molecule has 9 nitrogen and oxygen atoms in total. The summed E-state index contributed by atoms with van der Waals surface area (Å²) >= 11 is 0. The number of hydrogen-bond donors (Lipinski definition) is 2. The summed E-state index contributed by atoms with van der Waals surface area (Å²) < 4.78 is 2.89. The molecule has 0 unspecified atom stereocenters. The van der Waals surface area contributed by atoms with Gasteiger partial charge in [-0.1, -0.05) is 0 Å². The van der Waals surface area contributed by atoms with Crippen LogP contribution in [0.15, 0.2) is 49.2 Å². The van der Waals surface area contributed by atoms with Crippen molar-refractivity contribution in [2.45, 2.75) is 19.4 Å². The summed E-state index contributed by atoms with van der Waals surface area (Å²) in [5.74, 6) is -1.45. The minimum Gasteiger partial charge on any atom is -0.479 e. The third kappa shape index (κ3) is 3.25. The monoisotopic (exact) mass is 340 g/mol. The summed E-state index contributed by atoms with van der Waals surface area (Å²) in [5.41, 5.74) is 0.0676. The van der Waals surface area contributed by atoms with Crippen LogP contribution in [-0.2, 0) is 10.3 Å². The van der Waals surface area contributed by atoms with Gasteiger partial charge in [0.15, 0.2) is 5.54 Å². The maximum atomic E-state index is 12.4. The molecule has 25 heavy (non-hydrogen) atoms. The van der Waals surface area contributed by atoms with E-state index in [9.17, 15) is 14.7 Å². The zero-order chi connectivity index (χ0) is 18.0. The Balaban J connectivity index is 1.78. The smallest absolute Gasteiger partial charge is 0.331 e. The van der Waals surface area contributed by atoms with E-state index < -0.39 is 17.4 Å². The van der Waals surface area contributed by atoms with Gasteiger partial charge in [-0.3, -0.25) is 14.5 Å². The van der Waals surface area contributed by atoms with Gasteiger partial charge in [0.1, 0.15) is 5.69 Å². The highest BCUT2D eigenvalue weighted by atomic mass is 16.4. The number of pyridine rings is 1. The molecule has 3 heterocycles. The normalized spacial score (nSPS) is 11.3. The van der Waals surface area contributed by atoms with Crippen LogP contribution in [0, 0.1) is 0 Å². The molecule has 0 spiro atoms. The SMILES string of the molecule is CC(C)(C(=O)O)n1cc(NC(=O)c2cc(-n3cccn3)ccn2)cn1. The number of aromatic nitrogens is 5. The fourth-order valence-electron chi connectivity index (χ4n) is 2.09. The first-order chi connectivity index (χ1) is 11.9. The molecule has 9 heteroatoms. The van der Waals surface area contributed by atoms with E-state index >= 15 is 0 Å². The number of nitrogens with one attached hydrogen (secondary N) is 1. The molecule has 128 valence electrons. The Kier molecular flexibility index (Phi) is 4.05. The molecule has 0 aliphatic rings. The Bertz CT molecular complexity index is 914. The number of nitrogens with zero attached hydrogens (tertiary/aromatic N) is 5. The molecule has 1 amide bonds. The van der Waals surface area contributed by atoms with E-state index in [2.05, 4.69) is 20.5 Å². The highest BCUT2D eigenvalue weighted by molar-refractivity contribution is 6.03. The lowest BCUT2D eigenvalue weighted by molar-refractivity contribution is -0.146. The second kappa shape index (κ2) is 6.19. The maximum Gasteiger partial charge on any atom is 0.331 e. The zero-order valence-corrected chi connectivity index (χ0v) is 13.6. The average Bonchev–Trinajstić information content (AvgIpc) is 3.27. The number of carboxylic acid groups (broad SMARTS) is 1. The minimum atomic E-state index is -1.22. The van der Waals surface area contributed by atoms with Crippen molar-refractivity contribution < 1.29 is 14.7 Å². The first kappa shape index (κ1) is 16.4. The lowest BCUT2D eigenvalue weighted by atomic mass is 10.1. The van der Waals surface area contributed by atoms with Gasteiger partial charge < -0.3 is 10.4 Å². The van der Waals surface area contributed by atoms with Crippen molar-refractivity contribution in [1.82, 2.24) is 24.5 Å². The number of hydrogen-bond acceptors (Lipinski definition) is 5. The van der Waals surface area contributed by atoms with E-state index in [1.54, 1.807) is 35.3 Å². The van der Waals surface area contributed by atoms with Gasteiger partial charge >= 0.3 is 5.97 Å². The maximum absolute atomic E-state index is 12.4. The molecule has 0 fully saturated rings. The largest absolute Gasteiger partial charge is 0.479 e. The summed E-state index contributed by atoms with van der Waals surface area (Å²) in [6, 6.07) is 5.11. The summed E-state index contributed by atoms with van der Waals surface area (Å²) in [4.78, 5) is 27.7. The van der Waals surface area contributed by atoms with Gasteiger partial charge in [0.05, 0.1) is 17.6 Å². The van der Waals surface area contributed by atoms with Crippen LogP contribution < -0.4 is 5.32 Å². The molecule has 2 N–H and O–H groups in total. The second-order valence-corrected chi connectivity index (χ2v) is 5.84. The van der Waals surface area contributed by atoms with Crippen molar-refractivity contribution in [1.29, 1.82) is 0 Å². The lowest BCUT2D eigenvalue weighted by Crippen LogP contribution is -2.35. The van der Waals surface area contributed by atoms with Crippen LogP contribution in [0.25, 0.3) is 5.69 Å². The number of rotatable bonds is 5. The summed E-state index contributed by atoms with van der Waals surface area (Å²) in [5, 5.41) is 20.0. The first-order valence-corrected chi connectivity index (χ1v) is 7.44. The highest BCUT2D eigenvalue weighted by Gasteiger charge is 2.30.